The van der Waals surface area contributed by atoms with Gasteiger partial charge in [0.25, 0.3) is 0 Å². The van der Waals surface area contributed by atoms with Gasteiger partial charge in [0.1, 0.15) is 6.33 Å². The van der Waals surface area contributed by atoms with E-state index in [2.05, 4.69) is 20.6 Å². The first-order valence-corrected chi connectivity index (χ1v) is 8.92. The van der Waals surface area contributed by atoms with Crippen LogP contribution < -0.4 is 10.6 Å². The minimum absolute atomic E-state index is 0.377. The van der Waals surface area contributed by atoms with Crippen LogP contribution >= 0.6 is 11.8 Å². The van der Waals surface area contributed by atoms with Crippen LogP contribution in [0.2, 0.25) is 0 Å². The first-order valence-electron chi connectivity index (χ1n) is 7.77. The third kappa shape index (κ3) is 6.50. The smallest absolute Gasteiger partial charge is 0.419 e. The number of aromatic nitrogens is 2. The molecule has 0 aliphatic rings. The average molecular weight is 352 g/mol. The highest BCUT2D eigenvalue weighted by molar-refractivity contribution is 7.98. The van der Waals surface area contributed by atoms with E-state index in [0.717, 1.165) is 30.0 Å². The summed E-state index contributed by atoms with van der Waals surface area (Å²) in [5.74, 6) is 1.97. The first-order chi connectivity index (χ1) is 11.6. The molecule has 0 unspecified atom stereocenters. The van der Waals surface area contributed by atoms with Crippen LogP contribution in [-0.2, 0) is 10.5 Å². The summed E-state index contributed by atoms with van der Waals surface area (Å²) in [6.07, 6.45) is 4.80. The molecule has 0 saturated carbocycles. The summed E-state index contributed by atoms with van der Waals surface area (Å²) in [4.78, 5) is 20.1. The van der Waals surface area contributed by atoms with E-state index in [1.54, 1.807) is 18.8 Å². The molecule has 0 atom stereocenters. The monoisotopic (exact) mass is 352 g/mol. The zero-order valence-corrected chi connectivity index (χ0v) is 15.2. The van der Waals surface area contributed by atoms with Crippen LogP contribution in [0.25, 0.3) is 0 Å². The maximum Gasteiger partial charge on any atom is 0.419 e. The van der Waals surface area contributed by atoms with Gasteiger partial charge in [0.05, 0.1) is 12.3 Å². The number of hydrogen-bond acceptors (Lipinski definition) is 6. The molecule has 0 aliphatic carbocycles. The highest BCUT2D eigenvalue weighted by Gasteiger charge is 2.13. The Hall–Kier alpha value is -2.21. The van der Waals surface area contributed by atoms with Crippen LogP contribution in [0.1, 0.15) is 31.2 Å². The molecular weight excluding hydrogens is 328 g/mol. The van der Waals surface area contributed by atoms with Gasteiger partial charge in [-0.05, 0) is 13.3 Å². The summed E-state index contributed by atoms with van der Waals surface area (Å²) in [7, 11) is 1.61. The molecule has 1 aromatic heterocycles. The lowest BCUT2D eigenvalue weighted by Gasteiger charge is -2.07. The fourth-order valence-corrected chi connectivity index (χ4v) is 2.66. The number of unbranched alkanes of at least 4 members (excludes halogenated alkanes) is 1. The highest BCUT2D eigenvalue weighted by atomic mass is 32.2. The van der Waals surface area contributed by atoms with E-state index in [0.29, 0.717) is 24.9 Å². The highest BCUT2D eigenvalue weighted by Crippen LogP contribution is 2.14. The molecule has 0 fully saturated rings. The third-order valence-electron chi connectivity index (χ3n) is 3.20. The van der Waals surface area contributed by atoms with Crippen molar-refractivity contribution in [2.24, 2.45) is 4.99 Å². The van der Waals surface area contributed by atoms with Crippen molar-refractivity contribution in [3.8, 4) is 6.19 Å². The Morgan fingerprint density at radius 2 is 2.38 bits per heavy atom. The number of carbonyl (C=O) groups is 1. The van der Waals surface area contributed by atoms with Crippen molar-refractivity contribution < 1.29 is 9.53 Å². The number of hydrogen-bond donors (Lipinski definition) is 2. The summed E-state index contributed by atoms with van der Waals surface area (Å²) < 4.78 is 6.64. The van der Waals surface area contributed by atoms with Crippen molar-refractivity contribution >= 4 is 23.8 Å². The summed E-state index contributed by atoms with van der Waals surface area (Å²) >= 11 is 1.68. The lowest BCUT2D eigenvalue weighted by atomic mass is 10.4. The van der Waals surface area contributed by atoms with Gasteiger partial charge in [-0.15, -0.1) is 0 Å². The Labute approximate surface area is 146 Å². The maximum atomic E-state index is 11.9. The van der Waals surface area contributed by atoms with Gasteiger partial charge in [-0.25, -0.2) is 14.3 Å². The van der Waals surface area contributed by atoms with Gasteiger partial charge in [-0.1, -0.05) is 13.3 Å². The van der Waals surface area contributed by atoms with Gasteiger partial charge in [-0.2, -0.15) is 17.0 Å². The number of nitrogens with one attached hydrogen (secondary N) is 2. The fraction of sp³-hybridized carbons (Fsp3) is 0.600. The van der Waals surface area contributed by atoms with E-state index in [-0.39, 0.29) is 6.09 Å². The molecule has 9 heteroatoms. The molecule has 8 nitrogen and oxygen atoms in total. The van der Waals surface area contributed by atoms with E-state index >= 15 is 0 Å². The van der Waals surface area contributed by atoms with Gasteiger partial charge < -0.3 is 10.1 Å². The van der Waals surface area contributed by atoms with Crippen LogP contribution in [0.5, 0.6) is 0 Å². The van der Waals surface area contributed by atoms with E-state index in [9.17, 15) is 4.79 Å². The van der Waals surface area contributed by atoms with Crippen LogP contribution in [0.15, 0.2) is 11.3 Å². The van der Waals surface area contributed by atoms with Crippen molar-refractivity contribution in [3.05, 3.63) is 17.7 Å². The zero-order chi connectivity index (χ0) is 17.8. The standard InChI is InChI=1S/C15H24N6O2S/c1-4-5-7-23-15(22)21-11-20-13(12(21)2)9-24-8-6-18-14(17-3)19-10-16/h11H,4-9H2,1-3H3,(H2,17,18,19). The number of thioether (sulfide) groups is 1. The van der Waals surface area contributed by atoms with Crippen LogP contribution in [-0.4, -0.2) is 47.6 Å². The molecule has 0 spiro atoms. The van der Waals surface area contributed by atoms with Crippen molar-refractivity contribution in [3.63, 3.8) is 0 Å². The van der Waals surface area contributed by atoms with Gasteiger partial charge in [0.15, 0.2) is 6.19 Å². The maximum absolute atomic E-state index is 11.9. The summed E-state index contributed by atoms with van der Waals surface area (Å²) in [5, 5.41) is 14.0. The van der Waals surface area contributed by atoms with Crippen molar-refractivity contribution in [2.45, 2.75) is 32.4 Å². The average Bonchev–Trinajstić information content (AvgIpc) is 2.94. The molecule has 0 radical (unpaired) electrons. The molecule has 24 heavy (non-hydrogen) atoms. The predicted molar refractivity (Wildman–Crippen MR) is 94.9 cm³/mol. The van der Waals surface area contributed by atoms with Gasteiger partial charge >= 0.3 is 6.09 Å². The van der Waals surface area contributed by atoms with E-state index in [1.165, 1.54) is 10.9 Å². The van der Waals surface area contributed by atoms with Gasteiger partial charge in [0, 0.05) is 30.8 Å². The summed E-state index contributed by atoms with van der Waals surface area (Å²) in [6, 6.07) is 0. The Morgan fingerprint density at radius 1 is 1.58 bits per heavy atom. The molecule has 1 heterocycles. The Morgan fingerprint density at radius 3 is 3.04 bits per heavy atom. The number of ether oxygens (including phenoxy) is 1. The largest absolute Gasteiger partial charge is 0.449 e. The third-order valence-corrected chi connectivity index (χ3v) is 4.17. The normalized spacial score (nSPS) is 11.0. The SMILES string of the molecule is CCCCOC(=O)n1cnc(CSCCNC(=NC)NC#N)c1C. The van der Waals surface area contributed by atoms with E-state index in [4.69, 9.17) is 10.00 Å². The molecule has 132 valence electrons. The molecule has 0 aromatic carbocycles. The Balaban J connectivity index is 2.37. The molecule has 0 amide bonds. The number of nitrogens with zero attached hydrogens (tertiary/aromatic N) is 4. The molecule has 1 aromatic rings. The first kappa shape index (κ1) is 19.8. The zero-order valence-electron chi connectivity index (χ0n) is 14.3. The molecule has 2 N–H and O–H groups in total. The van der Waals surface area contributed by atoms with Crippen molar-refractivity contribution in [1.29, 1.82) is 5.26 Å². The van der Waals surface area contributed by atoms with Crippen molar-refractivity contribution in [1.82, 2.24) is 20.2 Å². The van der Waals surface area contributed by atoms with Gasteiger partial charge in [0.2, 0.25) is 5.96 Å². The Bertz CT molecular complexity index is 593. The molecule has 0 aliphatic heterocycles. The minimum Gasteiger partial charge on any atom is -0.449 e. The number of rotatable bonds is 8. The van der Waals surface area contributed by atoms with Crippen LogP contribution in [0.3, 0.4) is 0 Å². The second-order valence-electron chi connectivity index (χ2n) is 4.90. The van der Waals surface area contributed by atoms with E-state index < -0.39 is 0 Å². The number of imidazole rings is 1. The second kappa shape index (κ2) is 11.3. The summed E-state index contributed by atoms with van der Waals surface area (Å²) in [5.41, 5.74) is 1.67. The fourth-order valence-electron chi connectivity index (χ4n) is 1.79. The Kier molecular flexibility index (Phi) is 9.38. The topological polar surface area (TPSA) is 104 Å². The molecule has 0 bridgehead atoms. The lowest BCUT2D eigenvalue weighted by Crippen LogP contribution is -2.35. The van der Waals surface area contributed by atoms with E-state index in [1.807, 2.05) is 20.0 Å². The predicted octanol–water partition coefficient (Wildman–Crippen LogP) is 1.86. The van der Waals surface area contributed by atoms with Crippen molar-refractivity contribution in [2.75, 3.05) is 26.0 Å². The molecular formula is C15H24N6O2S. The van der Waals surface area contributed by atoms with Gasteiger partial charge in [-0.3, -0.25) is 10.3 Å². The lowest BCUT2D eigenvalue weighted by molar-refractivity contribution is 0.145. The molecule has 0 saturated heterocycles. The van der Waals surface area contributed by atoms with Crippen LogP contribution in [0.4, 0.5) is 4.79 Å². The number of guanidine groups is 1. The number of aliphatic imine (C=N–C) groups is 1. The number of nitriles is 1. The quantitative estimate of drug-likeness (QED) is 0.242. The van der Waals surface area contributed by atoms with Crippen LogP contribution in [0, 0.1) is 18.4 Å². The summed E-state index contributed by atoms with van der Waals surface area (Å²) in [6.45, 7) is 5.01. The number of carbonyl (C=O) groups excluding carboxylic acids is 1. The molecule has 1 rings (SSSR count). The second-order valence-corrected chi connectivity index (χ2v) is 6.01. The minimum atomic E-state index is -0.377.